The van der Waals surface area contributed by atoms with E-state index in [-0.39, 0.29) is 0 Å². The molecule has 0 aliphatic carbocycles. The lowest BCUT2D eigenvalue weighted by Gasteiger charge is -2.26. The molecule has 0 saturated heterocycles. The van der Waals surface area contributed by atoms with Gasteiger partial charge in [0.25, 0.3) is 0 Å². The standard InChI is InChI=1S/C54H37NS/c1-4-13-38(14-5-1)40-23-30-45(31-24-40)55(46-32-25-41(26-33-46)39-15-6-2-7-16-39)47-34-27-43(28-35-47)52-37-44(29-36-48(52)42-17-8-3-9-18-42)49-20-12-21-51-50-19-10-11-22-53(50)56-54(49)51/h1-37H. The molecule has 10 aromatic rings. The molecule has 264 valence electrons. The fraction of sp³-hybridized carbons (Fsp3) is 0. The third kappa shape index (κ3) is 6.36. The van der Waals surface area contributed by atoms with Crippen LogP contribution < -0.4 is 4.90 Å². The Bertz CT molecular complexity index is 2830. The molecule has 0 atom stereocenters. The number of thiophene rings is 1. The summed E-state index contributed by atoms with van der Waals surface area (Å²) >= 11 is 1.88. The van der Waals surface area contributed by atoms with E-state index >= 15 is 0 Å². The molecule has 0 radical (unpaired) electrons. The number of nitrogens with zero attached hydrogens (tertiary/aromatic N) is 1. The molecule has 56 heavy (non-hydrogen) atoms. The Morgan fingerprint density at radius 3 is 1.27 bits per heavy atom. The smallest absolute Gasteiger partial charge is 0.0462 e. The third-order valence-electron chi connectivity index (χ3n) is 10.7. The van der Waals surface area contributed by atoms with Gasteiger partial charge < -0.3 is 4.90 Å². The number of anilines is 3. The summed E-state index contributed by atoms with van der Waals surface area (Å²) in [5.41, 5.74) is 15.4. The molecule has 0 spiro atoms. The maximum absolute atomic E-state index is 2.39. The second-order valence-corrected chi connectivity index (χ2v) is 15.2. The van der Waals surface area contributed by atoms with Crippen molar-refractivity contribution in [3.05, 3.63) is 224 Å². The van der Waals surface area contributed by atoms with E-state index in [9.17, 15) is 0 Å². The molecular formula is C54H37NS. The predicted octanol–water partition coefficient (Wildman–Crippen LogP) is 15.9. The van der Waals surface area contributed by atoms with Crippen molar-refractivity contribution in [1.29, 1.82) is 0 Å². The Labute approximate surface area is 332 Å². The quantitative estimate of drug-likeness (QED) is 0.150. The molecule has 0 aliphatic heterocycles. The van der Waals surface area contributed by atoms with E-state index in [1.807, 2.05) is 11.3 Å². The van der Waals surface area contributed by atoms with E-state index in [4.69, 9.17) is 0 Å². The average molecular weight is 732 g/mol. The van der Waals surface area contributed by atoms with Gasteiger partial charge in [-0.05, 0) is 104 Å². The van der Waals surface area contributed by atoms with Crippen LogP contribution in [-0.2, 0) is 0 Å². The zero-order chi connectivity index (χ0) is 37.3. The number of hydrogen-bond donors (Lipinski definition) is 0. The molecule has 0 amide bonds. The molecule has 0 fully saturated rings. The molecule has 1 aromatic heterocycles. The van der Waals surface area contributed by atoms with Gasteiger partial charge in [-0.1, -0.05) is 176 Å². The van der Waals surface area contributed by atoms with Crippen LogP contribution in [0.1, 0.15) is 0 Å². The van der Waals surface area contributed by atoms with Crippen LogP contribution in [0.4, 0.5) is 17.1 Å². The van der Waals surface area contributed by atoms with Crippen LogP contribution in [0, 0.1) is 0 Å². The highest BCUT2D eigenvalue weighted by atomic mass is 32.1. The molecular weight excluding hydrogens is 695 g/mol. The number of hydrogen-bond acceptors (Lipinski definition) is 2. The summed E-state index contributed by atoms with van der Waals surface area (Å²) in [6.45, 7) is 0. The minimum Gasteiger partial charge on any atom is -0.311 e. The van der Waals surface area contributed by atoms with Crippen molar-refractivity contribution >= 4 is 48.6 Å². The largest absolute Gasteiger partial charge is 0.311 e. The predicted molar refractivity (Wildman–Crippen MR) is 241 cm³/mol. The number of benzene rings is 9. The van der Waals surface area contributed by atoms with Crippen molar-refractivity contribution in [2.75, 3.05) is 4.90 Å². The Morgan fingerprint density at radius 2 is 0.696 bits per heavy atom. The fourth-order valence-electron chi connectivity index (χ4n) is 7.90. The molecule has 0 bridgehead atoms. The highest BCUT2D eigenvalue weighted by Crippen LogP contribution is 2.43. The van der Waals surface area contributed by atoms with Crippen LogP contribution in [0.3, 0.4) is 0 Å². The summed E-state index contributed by atoms with van der Waals surface area (Å²) in [4.78, 5) is 2.35. The monoisotopic (exact) mass is 731 g/mol. The van der Waals surface area contributed by atoms with Crippen LogP contribution in [0.15, 0.2) is 224 Å². The maximum Gasteiger partial charge on any atom is 0.0462 e. The van der Waals surface area contributed by atoms with Crippen molar-refractivity contribution in [2.45, 2.75) is 0 Å². The second-order valence-electron chi connectivity index (χ2n) is 14.1. The Morgan fingerprint density at radius 1 is 0.268 bits per heavy atom. The molecule has 10 rings (SSSR count). The van der Waals surface area contributed by atoms with Crippen LogP contribution in [0.25, 0.3) is 75.8 Å². The van der Waals surface area contributed by atoms with Gasteiger partial charge in [-0.15, -0.1) is 11.3 Å². The first-order valence-corrected chi connectivity index (χ1v) is 19.9. The van der Waals surface area contributed by atoms with Gasteiger partial charge >= 0.3 is 0 Å². The first-order valence-electron chi connectivity index (χ1n) is 19.1. The molecule has 0 unspecified atom stereocenters. The summed E-state index contributed by atoms with van der Waals surface area (Å²) in [7, 11) is 0. The van der Waals surface area contributed by atoms with Gasteiger partial charge in [-0.2, -0.15) is 0 Å². The van der Waals surface area contributed by atoms with E-state index in [0.29, 0.717) is 0 Å². The molecule has 0 N–H and O–H groups in total. The van der Waals surface area contributed by atoms with Crippen molar-refractivity contribution < 1.29 is 0 Å². The van der Waals surface area contributed by atoms with Crippen molar-refractivity contribution in [1.82, 2.24) is 0 Å². The first-order chi connectivity index (χ1) is 27.8. The van der Waals surface area contributed by atoms with Crippen LogP contribution in [-0.4, -0.2) is 0 Å². The highest BCUT2D eigenvalue weighted by Gasteiger charge is 2.17. The van der Waals surface area contributed by atoms with Gasteiger partial charge in [0.2, 0.25) is 0 Å². The molecule has 1 heterocycles. The Kier molecular flexibility index (Phi) is 8.79. The highest BCUT2D eigenvalue weighted by molar-refractivity contribution is 7.26. The van der Waals surface area contributed by atoms with Crippen LogP contribution >= 0.6 is 11.3 Å². The molecule has 9 aromatic carbocycles. The molecule has 2 heteroatoms. The SMILES string of the molecule is c1ccc(-c2ccc(N(c3ccc(-c4ccccc4)cc3)c3ccc(-c4cc(-c5cccc6c5sc5ccccc56)ccc4-c4ccccc4)cc3)cc2)cc1. The van der Waals surface area contributed by atoms with Gasteiger partial charge in [-0.3, -0.25) is 0 Å². The zero-order valence-corrected chi connectivity index (χ0v) is 31.5. The van der Waals surface area contributed by atoms with E-state index in [0.717, 1.165) is 17.1 Å². The minimum absolute atomic E-state index is 1.10. The second kappa shape index (κ2) is 14.7. The summed E-state index contributed by atoms with van der Waals surface area (Å²) in [5.74, 6) is 0. The lowest BCUT2D eigenvalue weighted by Crippen LogP contribution is -2.09. The van der Waals surface area contributed by atoms with Gasteiger partial charge in [0, 0.05) is 37.2 Å². The maximum atomic E-state index is 2.39. The van der Waals surface area contributed by atoms with E-state index < -0.39 is 0 Å². The van der Waals surface area contributed by atoms with Gasteiger partial charge in [0.05, 0.1) is 0 Å². The van der Waals surface area contributed by atoms with Crippen molar-refractivity contribution in [3.8, 4) is 55.6 Å². The summed E-state index contributed by atoms with van der Waals surface area (Å²) in [6.07, 6.45) is 0. The summed E-state index contributed by atoms with van der Waals surface area (Å²) in [5, 5.41) is 2.63. The van der Waals surface area contributed by atoms with Gasteiger partial charge in [0.1, 0.15) is 0 Å². The summed E-state index contributed by atoms with van der Waals surface area (Å²) < 4.78 is 2.65. The normalized spacial score (nSPS) is 11.2. The topological polar surface area (TPSA) is 3.24 Å². The molecule has 1 nitrogen and oxygen atoms in total. The number of rotatable bonds is 8. The average Bonchev–Trinajstić information content (AvgIpc) is 3.67. The van der Waals surface area contributed by atoms with Crippen LogP contribution in [0.2, 0.25) is 0 Å². The molecule has 0 aliphatic rings. The molecule has 0 saturated carbocycles. The zero-order valence-electron chi connectivity index (χ0n) is 30.7. The fourth-order valence-corrected chi connectivity index (χ4v) is 9.14. The minimum atomic E-state index is 1.10. The summed E-state index contributed by atoms with van der Waals surface area (Å²) in [6, 6.07) is 81.2. The Balaban J connectivity index is 1.07. The van der Waals surface area contributed by atoms with E-state index in [1.54, 1.807) is 0 Å². The lowest BCUT2D eigenvalue weighted by atomic mass is 9.90. The van der Waals surface area contributed by atoms with Gasteiger partial charge in [0.15, 0.2) is 0 Å². The Hall–Kier alpha value is -7.00. The van der Waals surface area contributed by atoms with Crippen LogP contribution in [0.5, 0.6) is 0 Å². The van der Waals surface area contributed by atoms with Crippen molar-refractivity contribution in [3.63, 3.8) is 0 Å². The van der Waals surface area contributed by atoms with E-state index in [1.165, 1.54) is 75.8 Å². The third-order valence-corrected chi connectivity index (χ3v) is 11.9. The van der Waals surface area contributed by atoms with E-state index in [2.05, 4.69) is 229 Å². The first kappa shape index (κ1) is 33.6. The van der Waals surface area contributed by atoms with Crippen molar-refractivity contribution in [2.24, 2.45) is 0 Å². The lowest BCUT2D eigenvalue weighted by molar-refractivity contribution is 1.28. The number of fused-ring (bicyclic) bond motifs is 3. The van der Waals surface area contributed by atoms with Gasteiger partial charge in [-0.25, -0.2) is 0 Å².